The molecule has 1 saturated carbocycles. The predicted octanol–water partition coefficient (Wildman–Crippen LogP) is -0.624. The zero-order chi connectivity index (χ0) is 10.3. The third kappa shape index (κ3) is 1.59. The summed E-state index contributed by atoms with van der Waals surface area (Å²) in [5, 5.41) is 9.00. The quantitative estimate of drug-likeness (QED) is 0.642. The summed E-state index contributed by atoms with van der Waals surface area (Å²) in [6, 6.07) is -0.453. The topological polar surface area (TPSA) is 60.9 Å². The highest BCUT2D eigenvalue weighted by molar-refractivity contribution is 5.86. The average Bonchev–Trinajstić information content (AvgIpc) is 2.85. The Balaban J connectivity index is 2.15. The van der Waals surface area contributed by atoms with Crippen LogP contribution in [0.3, 0.4) is 0 Å². The number of aliphatic carboxylic acids is 1. The first kappa shape index (κ1) is 9.45. The molecule has 78 valence electrons. The van der Waals surface area contributed by atoms with Crippen LogP contribution >= 0.6 is 0 Å². The molecule has 1 atom stereocenters. The van der Waals surface area contributed by atoms with Crippen LogP contribution in [0.25, 0.3) is 0 Å². The van der Waals surface area contributed by atoms with Gasteiger partial charge in [-0.05, 0) is 19.9 Å². The Morgan fingerprint density at radius 2 is 2.14 bits per heavy atom. The molecule has 0 aromatic carbocycles. The predicted molar refractivity (Wildman–Crippen MR) is 48.8 cm³/mol. The first-order chi connectivity index (χ1) is 6.59. The number of carboxylic acid groups (broad SMARTS) is 1. The van der Waals surface area contributed by atoms with Crippen molar-refractivity contribution in [2.24, 2.45) is 0 Å². The molecule has 2 rings (SSSR count). The molecule has 0 aromatic heterocycles. The highest BCUT2D eigenvalue weighted by atomic mass is 16.4. The largest absolute Gasteiger partial charge is 0.480 e. The molecule has 1 unspecified atom stereocenters. The fourth-order valence-corrected chi connectivity index (χ4v) is 1.94. The van der Waals surface area contributed by atoms with Gasteiger partial charge >= 0.3 is 5.97 Å². The van der Waals surface area contributed by atoms with Crippen LogP contribution in [-0.2, 0) is 9.59 Å². The Labute approximate surface area is 82.3 Å². The molecule has 0 radical (unpaired) electrons. The van der Waals surface area contributed by atoms with E-state index < -0.39 is 12.0 Å². The van der Waals surface area contributed by atoms with Crippen molar-refractivity contribution in [1.29, 1.82) is 0 Å². The van der Waals surface area contributed by atoms with Gasteiger partial charge in [0.25, 0.3) is 0 Å². The monoisotopic (exact) mass is 198 g/mol. The molecule has 0 spiro atoms. The van der Waals surface area contributed by atoms with Crippen molar-refractivity contribution >= 4 is 11.9 Å². The van der Waals surface area contributed by atoms with E-state index in [4.69, 9.17) is 5.11 Å². The molecule has 1 N–H and O–H groups in total. The van der Waals surface area contributed by atoms with Gasteiger partial charge < -0.3 is 10.0 Å². The molecule has 1 aliphatic heterocycles. The van der Waals surface area contributed by atoms with Crippen LogP contribution in [0.4, 0.5) is 0 Å². The normalized spacial score (nSPS) is 29.4. The van der Waals surface area contributed by atoms with Crippen molar-refractivity contribution in [3.8, 4) is 0 Å². The highest BCUT2D eigenvalue weighted by Crippen LogP contribution is 2.30. The van der Waals surface area contributed by atoms with Gasteiger partial charge in [0, 0.05) is 12.6 Å². The van der Waals surface area contributed by atoms with Crippen molar-refractivity contribution in [3.63, 3.8) is 0 Å². The summed E-state index contributed by atoms with van der Waals surface area (Å²) in [5.74, 6) is -0.939. The lowest BCUT2D eigenvalue weighted by molar-refractivity contribution is -0.156. The van der Waals surface area contributed by atoms with Crippen molar-refractivity contribution in [2.75, 3.05) is 20.1 Å². The van der Waals surface area contributed by atoms with Gasteiger partial charge in [-0.2, -0.15) is 0 Å². The molecule has 2 aliphatic rings. The first-order valence-electron chi connectivity index (χ1n) is 4.82. The lowest BCUT2D eigenvalue weighted by Crippen LogP contribution is -2.59. The zero-order valence-corrected chi connectivity index (χ0v) is 8.14. The van der Waals surface area contributed by atoms with Crippen LogP contribution in [0, 0.1) is 0 Å². The van der Waals surface area contributed by atoms with E-state index in [1.165, 1.54) is 0 Å². The van der Waals surface area contributed by atoms with Gasteiger partial charge in [-0.3, -0.25) is 9.69 Å². The number of likely N-dealkylation sites (N-methyl/N-ethyl adjacent to an activating group) is 1. The minimum Gasteiger partial charge on any atom is -0.480 e. The van der Waals surface area contributed by atoms with Gasteiger partial charge in [0.1, 0.15) is 6.04 Å². The van der Waals surface area contributed by atoms with Gasteiger partial charge in [0.05, 0.1) is 6.54 Å². The molecule has 14 heavy (non-hydrogen) atoms. The van der Waals surface area contributed by atoms with Crippen LogP contribution < -0.4 is 0 Å². The second-order valence-corrected chi connectivity index (χ2v) is 4.08. The van der Waals surface area contributed by atoms with E-state index in [1.54, 1.807) is 16.8 Å². The van der Waals surface area contributed by atoms with E-state index in [9.17, 15) is 9.59 Å². The van der Waals surface area contributed by atoms with Gasteiger partial charge in [-0.25, -0.2) is 4.79 Å². The molecule has 1 saturated heterocycles. The van der Waals surface area contributed by atoms with Gasteiger partial charge in [-0.15, -0.1) is 0 Å². The fourth-order valence-electron chi connectivity index (χ4n) is 1.94. The Morgan fingerprint density at radius 3 is 2.64 bits per heavy atom. The average molecular weight is 198 g/mol. The smallest absolute Gasteiger partial charge is 0.327 e. The van der Waals surface area contributed by atoms with Crippen molar-refractivity contribution in [3.05, 3.63) is 0 Å². The number of hydrogen-bond acceptors (Lipinski definition) is 3. The Bertz CT molecular complexity index is 275. The molecule has 1 aliphatic carbocycles. The van der Waals surface area contributed by atoms with E-state index in [0.717, 1.165) is 12.8 Å². The standard InChI is InChI=1S/C9H14N2O3/c1-10-4-7(9(13)14)11(6-2-3-6)8(12)5-10/h6-7H,2-5H2,1H3,(H,13,14). The molecule has 0 aromatic rings. The van der Waals surface area contributed by atoms with Crippen molar-refractivity contribution < 1.29 is 14.7 Å². The van der Waals surface area contributed by atoms with E-state index in [-0.39, 0.29) is 11.9 Å². The number of hydrogen-bond donors (Lipinski definition) is 1. The van der Waals surface area contributed by atoms with Gasteiger partial charge in [0.15, 0.2) is 0 Å². The fraction of sp³-hybridized carbons (Fsp3) is 0.778. The molecule has 5 nitrogen and oxygen atoms in total. The number of carbonyl (C=O) groups is 2. The maximum Gasteiger partial charge on any atom is 0.327 e. The van der Waals surface area contributed by atoms with Crippen LogP contribution in [0.2, 0.25) is 0 Å². The third-order valence-electron chi connectivity index (χ3n) is 2.74. The summed E-state index contributed by atoms with van der Waals surface area (Å²) in [4.78, 5) is 25.9. The molecule has 1 amide bonds. The third-order valence-corrected chi connectivity index (χ3v) is 2.74. The lowest BCUT2D eigenvalue weighted by Gasteiger charge is -2.37. The van der Waals surface area contributed by atoms with E-state index in [1.807, 2.05) is 0 Å². The minimum absolute atomic E-state index is 0.0475. The number of carbonyl (C=O) groups excluding carboxylic acids is 1. The van der Waals surface area contributed by atoms with Crippen LogP contribution in [0.5, 0.6) is 0 Å². The minimum atomic E-state index is -0.892. The highest BCUT2D eigenvalue weighted by Gasteiger charge is 2.43. The number of rotatable bonds is 2. The second kappa shape index (κ2) is 3.24. The van der Waals surface area contributed by atoms with Gasteiger partial charge in [-0.1, -0.05) is 0 Å². The maximum atomic E-state index is 11.6. The summed E-state index contributed by atoms with van der Waals surface area (Å²) >= 11 is 0. The molecular weight excluding hydrogens is 184 g/mol. The summed E-state index contributed by atoms with van der Waals surface area (Å²) in [6.07, 6.45) is 1.92. The SMILES string of the molecule is CN1CC(=O)N(C2CC2)C(C(=O)O)C1. The summed E-state index contributed by atoms with van der Waals surface area (Å²) < 4.78 is 0. The molecule has 2 fully saturated rings. The first-order valence-corrected chi connectivity index (χ1v) is 4.82. The summed E-state index contributed by atoms with van der Waals surface area (Å²) in [7, 11) is 1.78. The van der Waals surface area contributed by atoms with E-state index >= 15 is 0 Å². The second-order valence-electron chi connectivity index (χ2n) is 4.08. The Kier molecular flexibility index (Phi) is 2.19. The molecule has 0 bridgehead atoms. The number of nitrogens with zero attached hydrogens (tertiary/aromatic N) is 2. The van der Waals surface area contributed by atoms with Crippen molar-refractivity contribution in [2.45, 2.75) is 24.9 Å². The van der Waals surface area contributed by atoms with Crippen LogP contribution in [0.1, 0.15) is 12.8 Å². The lowest BCUT2D eigenvalue weighted by atomic mass is 10.1. The zero-order valence-electron chi connectivity index (χ0n) is 8.14. The van der Waals surface area contributed by atoms with E-state index in [2.05, 4.69) is 0 Å². The number of amides is 1. The summed E-state index contributed by atoms with van der Waals surface area (Å²) in [5.41, 5.74) is 0. The molecule has 1 heterocycles. The Morgan fingerprint density at radius 1 is 1.50 bits per heavy atom. The maximum absolute atomic E-state index is 11.6. The van der Waals surface area contributed by atoms with E-state index in [0.29, 0.717) is 13.1 Å². The molecular formula is C9H14N2O3. The number of piperazine rings is 1. The summed E-state index contributed by atoms with van der Waals surface area (Å²) in [6.45, 7) is 0.790. The van der Waals surface area contributed by atoms with Crippen molar-refractivity contribution in [1.82, 2.24) is 9.80 Å². The number of carboxylic acids is 1. The van der Waals surface area contributed by atoms with Crippen LogP contribution in [0.15, 0.2) is 0 Å². The molecule has 5 heteroatoms. The van der Waals surface area contributed by atoms with Gasteiger partial charge in [0.2, 0.25) is 5.91 Å². The van der Waals surface area contributed by atoms with Crippen LogP contribution in [-0.4, -0.2) is 59.0 Å². The Hall–Kier alpha value is -1.10.